The first-order valence-corrected chi connectivity index (χ1v) is 5.15. The minimum absolute atomic E-state index is 0.511. The zero-order valence-electron chi connectivity index (χ0n) is 9.18. The number of nitrogens with two attached hydrogens (primary N) is 1. The predicted octanol–water partition coefficient (Wildman–Crippen LogP) is 2.55. The molecule has 0 bridgehead atoms. The molecule has 1 aromatic carbocycles. The molecule has 0 unspecified atom stereocenters. The molecule has 3 heteroatoms. The van der Waals surface area contributed by atoms with E-state index in [9.17, 15) is 0 Å². The van der Waals surface area contributed by atoms with Gasteiger partial charge in [-0.25, -0.2) is 4.98 Å². The fourth-order valence-corrected chi connectivity index (χ4v) is 1.47. The molecule has 0 amide bonds. The van der Waals surface area contributed by atoms with Crippen LogP contribution in [-0.4, -0.2) is 4.98 Å². The number of benzene rings is 1. The van der Waals surface area contributed by atoms with E-state index in [2.05, 4.69) is 4.98 Å². The van der Waals surface area contributed by atoms with Crippen molar-refractivity contribution in [3.8, 4) is 5.88 Å². The van der Waals surface area contributed by atoms with Crippen LogP contribution in [0.3, 0.4) is 0 Å². The van der Waals surface area contributed by atoms with Gasteiger partial charge in [0.1, 0.15) is 6.61 Å². The molecule has 0 atom stereocenters. The number of pyridine rings is 1. The van der Waals surface area contributed by atoms with E-state index in [0.29, 0.717) is 18.2 Å². The largest absolute Gasteiger partial charge is 0.473 e. The summed E-state index contributed by atoms with van der Waals surface area (Å²) in [5, 5.41) is 0. The van der Waals surface area contributed by atoms with Crippen molar-refractivity contribution in [2.75, 3.05) is 5.73 Å². The first kappa shape index (κ1) is 10.5. The lowest BCUT2D eigenvalue weighted by Gasteiger charge is -2.06. The third-order valence-electron chi connectivity index (χ3n) is 2.18. The summed E-state index contributed by atoms with van der Waals surface area (Å²) >= 11 is 0. The molecule has 0 aliphatic rings. The van der Waals surface area contributed by atoms with Crippen LogP contribution in [0.4, 0.5) is 5.69 Å². The minimum Gasteiger partial charge on any atom is -0.473 e. The monoisotopic (exact) mass is 214 g/mol. The van der Waals surface area contributed by atoms with Gasteiger partial charge in [0.2, 0.25) is 5.88 Å². The van der Waals surface area contributed by atoms with Gasteiger partial charge in [0, 0.05) is 17.4 Å². The summed E-state index contributed by atoms with van der Waals surface area (Å²) in [6, 6.07) is 13.5. The average Bonchev–Trinajstić information content (AvgIpc) is 2.27. The normalized spacial score (nSPS) is 10.1. The Kier molecular flexibility index (Phi) is 3.05. The van der Waals surface area contributed by atoms with Gasteiger partial charge in [-0.05, 0) is 18.6 Å². The van der Waals surface area contributed by atoms with E-state index >= 15 is 0 Å². The molecule has 0 radical (unpaired) electrons. The van der Waals surface area contributed by atoms with Gasteiger partial charge in [-0.2, -0.15) is 0 Å². The molecule has 2 N–H and O–H groups in total. The third kappa shape index (κ3) is 2.73. The van der Waals surface area contributed by atoms with Crippen LogP contribution in [-0.2, 0) is 6.61 Å². The summed E-state index contributed by atoms with van der Waals surface area (Å²) in [6.07, 6.45) is 0. The molecule has 16 heavy (non-hydrogen) atoms. The second-order valence-corrected chi connectivity index (χ2v) is 3.65. The Labute approximate surface area is 94.9 Å². The topological polar surface area (TPSA) is 48.1 Å². The minimum atomic E-state index is 0.511. The highest BCUT2D eigenvalue weighted by atomic mass is 16.5. The van der Waals surface area contributed by atoms with Crippen molar-refractivity contribution in [3.63, 3.8) is 0 Å². The zero-order valence-corrected chi connectivity index (χ0v) is 9.18. The first-order chi connectivity index (χ1) is 7.74. The van der Waals surface area contributed by atoms with Crippen LogP contribution >= 0.6 is 0 Å². The molecular formula is C13H14N2O. The molecule has 0 saturated carbocycles. The molecule has 1 aromatic heterocycles. The van der Waals surface area contributed by atoms with Gasteiger partial charge in [0.25, 0.3) is 0 Å². The van der Waals surface area contributed by atoms with Gasteiger partial charge < -0.3 is 10.5 Å². The number of hydrogen-bond acceptors (Lipinski definition) is 3. The van der Waals surface area contributed by atoms with E-state index in [-0.39, 0.29) is 0 Å². The Morgan fingerprint density at radius 2 is 1.94 bits per heavy atom. The van der Waals surface area contributed by atoms with Crippen molar-refractivity contribution in [2.24, 2.45) is 0 Å². The Bertz CT molecular complexity index is 448. The van der Waals surface area contributed by atoms with Gasteiger partial charge in [0.15, 0.2) is 0 Å². The molecule has 0 fully saturated rings. The number of aryl methyl sites for hydroxylation is 1. The predicted molar refractivity (Wildman–Crippen MR) is 64.2 cm³/mol. The third-order valence-corrected chi connectivity index (χ3v) is 2.18. The standard InChI is InChI=1S/C13H14N2O/c1-10-7-12(14)8-13(15-10)16-9-11-5-3-2-4-6-11/h2-8H,9H2,1H3,(H2,14,15). The summed E-state index contributed by atoms with van der Waals surface area (Å²) in [6.45, 7) is 2.41. The van der Waals surface area contributed by atoms with Gasteiger partial charge in [0.05, 0.1) is 0 Å². The highest BCUT2D eigenvalue weighted by Gasteiger charge is 1.99. The van der Waals surface area contributed by atoms with E-state index in [0.717, 1.165) is 11.3 Å². The van der Waals surface area contributed by atoms with Crippen molar-refractivity contribution in [3.05, 3.63) is 53.7 Å². The zero-order chi connectivity index (χ0) is 11.4. The Morgan fingerprint density at radius 1 is 1.19 bits per heavy atom. The van der Waals surface area contributed by atoms with Crippen molar-refractivity contribution in [1.29, 1.82) is 0 Å². The molecule has 2 rings (SSSR count). The van der Waals surface area contributed by atoms with E-state index in [1.165, 1.54) is 0 Å². The molecular weight excluding hydrogens is 200 g/mol. The van der Waals surface area contributed by atoms with Crippen LogP contribution in [0.1, 0.15) is 11.3 Å². The molecule has 0 saturated heterocycles. The highest BCUT2D eigenvalue weighted by Crippen LogP contribution is 2.15. The fourth-order valence-electron chi connectivity index (χ4n) is 1.47. The molecule has 3 nitrogen and oxygen atoms in total. The first-order valence-electron chi connectivity index (χ1n) is 5.15. The Balaban J connectivity index is 2.05. The molecule has 0 aliphatic heterocycles. The number of nitrogens with zero attached hydrogens (tertiary/aromatic N) is 1. The second kappa shape index (κ2) is 4.66. The van der Waals surface area contributed by atoms with E-state index in [1.807, 2.05) is 43.3 Å². The Hall–Kier alpha value is -2.03. The van der Waals surface area contributed by atoms with Crippen LogP contribution in [0, 0.1) is 6.92 Å². The number of anilines is 1. The number of aromatic nitrogens is 1. The summed E-state index contributed by atoms with van der Waals surface area (Å²) in [5.41, 5.74) is 8.36. The fraction of sp³-hybridized carbons (Fsp3) is 0.154. The quantitative estimate of drug-likeness (QED) is 0.854. The van der Waals surface area contributed by atoms with E-state index < -0.39 is 0 Å². The maximum atomic E-state index is 5.71. The average molecular weight is 214 g/mol. The van der Waals surface area contributed by atoms with Crippen LogP contribution < -0.4 is 10.5 Å². The molecule has 82 valence electrons. The van der Waals surface area contributed by atoms with Crippen LogP contribution in [0.25, 0.3) is 0 Å². The SMILES string of the molecule is Cc1cc(N)cc(OCc2ccccc2)n1. The maximum absolute atomic E-state index is 5.71. The van der Waals surface area contributed by atoms with Gasteiger partial charge in [-0.3, -0.25) is 0 Å². The summed E-state index contributed by atoms with van der Waals surface area (Å²) in [5.74, 6) is 0.571. The van der Waals surface area contributed by atoms with Crippen LogP contribution in [0.15, 0.2) is 42.5 Å². The summed E-state index contributed by atoms with van der Waals surface area (Å²) in [4.78, 5) is 4.25. The molecule has 2 aromatic rings. The maximum Gasteiger partial charge on any atom is 0.215 e. The van der Waals surface area contributed by atoms with Crippen LogP contribution in [0.5, 0.6) is 5.88 Å². The van der Waals surface area contributed by atoms with Crippen molar-refractivity contribution in [1.82, 2.24) is 4.98 Å². The number of ether oxygens (including phenoxy) is 1. The van der Waals surface area contributed by atoms with Crippen molar-refractivity contribution in [2.45, 2.75) is 13.5 Å². The number of nitrogen functional groups attached to an aromatic ring is 1. The second-order valence-electron chi connectivity index (χ2n) is 3.65. The van der Waals surface area contributed by atoms with Crippen molar-refractivity contribution >= 4 is 5.69 Å². The van der Waals surface area contributed by atoms with Gasteiger partial charge in [-0.15, -0.1) is 0 Å². The van der Waals surface area contributed by atoms with Gasteiger partial charge >= 0.3 is 0 Å². The molecule has 0 spiro atoms. The lowest BCUT2D eigenvalue weighted by Crippen LogP contribution is -1.99. The lowest BCUT2D eigenvalue weighted by atomic mass is 10.2. The van der Waals surface area contributed by atoms with Gasteiger partial charge in [-0.1, -0.05) is 30.3 Å². The Morgan fingerprint density at radius 3 is 2.62 bits per heavy atom. The number of hydrogen-bond donors (Lipinski definition) is 1. The van der Waals surface area contributed by atoms with E-state index in [4.69, 9.17) is 10.5 Å². The summed E-state index contributed by atoms with van der Waals surface area (Å²) < 4.78 is 5.56. The smallest absolute Gasteiger partial charge is 0.215 e. The summed E-state index contributed by atoms with van der Waals surface area (Å²) in [7, 11) is 0. The molecule has 1 heterocycles. The lowest BCUT2D eigenvalue weighted by molar-refractivity contribution is 0.293. The van der Waals surface area contributed by atoms with Crippen LogP contribution in [0.2, 0.25) is 0 Å². The molecule has 0 aliphatic carbocycles. The number of rotatable bonds is 3. The van der Waals surface area contributed by atoms with E-state index in [1.54, 1.807) is 6.07 Å². The highest BCUT2D eigenvalue weighted by molar-refractivity contribution is 5.42. The van der Waals surface area contributed by atoms with Crippen molar-refractivity contribution < 1.29 is 4.74 Å².